The summed E-state index contributed by atoms with van der Waals surface area (Å²) in [6.45, 7) is 4.50. The lowest BCUT2D eigenvalue weighted by molar-refractivity contribution is 0.0655. The summed E-state index contributed by atoms with van der Waals surface area (Å²) in [5.41, 5.74) is 4.27. The van der Waals surface area contributed by atoms with E-state index in [-0.39, 0.29) is 11.8 Å². The molecule has 0 spiro atoms. The van der Waals surface area contributed by atoms with E-state index in [1.165, 1.54) is 27.8 Å². The maximum absolute atomic E-state index is 12.4. The van der Waals surface area contributed by atoms with E-state index in [2.05, 4.69) is 35.4 Å². The number of rotatable bonds is 6. The van der Waals surface area contributed by atoms with Gasteiger partial charge in [-0.15, -0.1) is 5.10 Å². The number of carbonyl (C=O) groups excluding carboxylic acids is 2. The fourth-order valence-corrected chi connectivity index (χ4v) is 3.93. The first-order valence-electron chi connectivity index (χ1n) is 9.00. The van der Waals surface area contributed by atoms with E-state index in [1.807, 2.05) is 12.1 Å². The van der Waals surface area contributed by atoms with Crippen molar-refractivity contribution < 1.29 is 9.59 Å². The second kappa shape index (κ2) is 7.55. The fourth-order valence-electron chi connectivity index (χ4n) is 3.12. The molecule has 0 radical (unpaired) electrons. The summed E-state index contributed by atoms with van der Waals surface area (Å²) in [6.07, 6.45) is 0.663. The summed E-state index contributed by atoms with van der Waals surface area (Å²) in [4.78, 5) is 26.1. The number of tetrazole rings is 1. The molecular formula is C20H19N5O2S. The second-order valence-electron chi connectivity index (χ2n) is 6.65. The molecule has 0 saturated carbocycles. The number of hydrogen-bond acceptors (Lipinski definition) is 6. The number of thioether (sulfide) groups is 1. The number of aryl methyl sites for hydroxylation is 2. The number of hydrogen-bond donors (Lipinski definition) is 0. The molecule has 1 aliphatic rings. The van der Waals surface area contributed by atoms with Crippen molar-refractivity contribution in [3.63, 3.8) is 0 Å². The second-order valence-corrected chi connectivity index (χ2v) is 7.71. The van der Waals surface area contributed by atoms with Crippen LogP contribution in [0, 0.1) is 13.8 Å². The largest absolute Gasteiger partial charge is 0.274 e. The van der Waals surface area contributed by atoms with Gasteiger partial charge < -0.3 is 0 Å². The van der Waals surface area contributed by atoms with Gasteiger partial charge in [0.25, 0.3) is 11.8 Å². The maximum atomic E-state index is 12.4. The Kier molecular flexibility index (Phi) is 4.95. The quantitative estimate of drug-likeness (QED) is 0.364. The predicted octanol–water partition coefficient (Wildman–Crippen LogP) is 3.06. The molecule has 142 valence electrons. The molecule has 8 heteroatoms. The van der Waals surface area contributed by atoms with Gasteiger partial charge in [-0.2, -0.15) is 4.68 Å². The molecule has 2 amide bonds. The van der Waals surface area contributed by atoms with Crippen LogP contribution in [0.3, 0.4) is 0 Å². The number of imide groups is 1. The summed E-state index contributed by atoms with van der Waals surface area (Å²) < 4.78 is 1.71. The average Bonchev–Trinajstić information content (AvgIpc) is 3.26. The molecule has 0 saturated heterocycles. The lowest BCUT2D eigenvalue weighted by Crippen LogP contribution is -2.31. The monoisotopic (exact) mass is 393 g/mol. The molecule has 28 heavy (non-hydrogen) atoms. The molecule has 7 nitrogen and oxygen atoms in total. The van der Waals surface area contributed by atoms with Crippen molar-refractivity contribution in [1.82, 2.24) is 25.1 Å². The van der Waals surface area contributed by atoms with E-state index >= 15 is 0 Å². The molecule has 0 fully saturated rings. The molecule has 0 atom stereocenters. The first-order chi connectivity index (χ1) is 13.6. The topological polar surface area (TPSA) is 81.0 Å². The van der Waals surface area contributed by atoms with Crippen molar-refractivity contribution in [2.24, 2.45) is 0 Å². The van der Waals surface area contributed by atoms with Gasteiger partial charge in [0.15, 0.2) is 0 Å². The van der Waals surface area contributed by atoms with Gasteiger partial charge in [-0.05, 0) is 66.1 Å². The molecule has 0 unspecified atom stereocenters. The first-order valence-corrected chi connectivity index (χ1v) is 9.99. The number of amides is 2. The van der Waals surface area contributed by atoms with Crippen LogP contribution in [-0.4, -0.2) is 49.2 Å². The number of nitrogens with zero attached hydrogens (tertiary/aromatic N) is 5. The minimum atomic E-state index is -0.217. The Bertz CT molecular complexity index is 1030. The standard InChI is InChI=1S/C20H19N5O2S/c1-13-8-9-15(12-14(13)2)25-20(21-22-23-25)28-11-5-10-24-18(26)16-6-3-4-7-17(16)19(24)27/h3-4,6-9,12H,5,10-11H2,1-2H3. The van der Waals surface area contributed by atoms with Gasteiger partial charge in [0.1, 0.15) is 0 Å². The van der Waals surface area contributed by atoms with Crippen molar-refractivity contribution >= 4 is 23.6 Å². The Morgan fingerprint density at radius 1 is 0.964 bits per heavy atom. The van der Waals surface area contributed by atoms with Gasteiger partial charge in [-0.25, -0.2) is 0 Å². The van der Waals surface area contributed by atoms with E-state index in [0.29, 0.717) is 35.0 Å². The third-order valence-electron chi connectivity index (χ3n) is 4.81. The Morgan fingerprint density at radius 2 is 1.68 bits per heavy atom. The smallest absolute Gasteiger partial charge is 0.261 e. The normalized spacial score (nSPS) is 13.3. The highest BCUT2D eigenvalue weighted by atomic mass is 32.2. The van der Waals surface area contributed by atoms with Crippen LogP contribution in [-0.2, 0) is 0 Å². The molecule has 0 aliphatic carbocycles. The maximum Gasteiger partial charge on any atom is 0.261 e. The summed E-state index contributed by atoms with van der Waals surface area (Å²) in [5.74, 6) is 0.259. The summed E-state index contributed by atoms with van der Waals surface area (Å²) in [7, 11) is 0. The van der Waals surface area contributed by atoms with Crippen LogP contribution in [0.5, 0.6) is 0 Å². The van der Waals surface area contributed by atoms with Gasteiger partial charge in [-0.3, -0.25) is 14.5 Å². The van der Waals surface area contributed by atoms with E-state index in [1.54, 1.807) is 28.9 Å². The van der Waals surface area contributed by atoms with Crippen LogP contribution in [0.15, 0.2) is 47.6 Å². The van der Waals surface area contributed by atoms with Crippen LogP contribution in [0.25, 0.3) is 5.69 Å². The third-order valence-corrected chi connectivity index (χ3v) is 5.82. The predicted molar refractivity (Wildman–Crippen MR) is 106 cm³/mol. The van der Waals surface area contributed by atoms with Crippen LogP contribution in [0.2, 0.25) is 0 Å². The Labute approximate surface area is 166 Å². The molecule has 1 aromatic heterocycles. The zero-order valence-electron chi connectivity index (χ0n) is 15.6. The number of carbonyl (C=O) groups is 2. The summed E-state index contributed by atoms with van der Waals surface area (Å²) >= 11 is 1.51. The van der Waals surface area contributed by atoms with Gasteiger partial charge >= 0.3 is 0 Å². The molecule has 0 bridgehead atoms. The summed E-state index contributed by atoms with van der Waals surface area (Å²) in [5, 5.41) is 12.6. The zero-order chi connectivity index (χ0) is 19.7. The Morgan fingerprint density at radius 3 is 2.36 bits per heavy atom. The van der Waals surface area contributed by atoms with Crippen LogP contribution >= 0.6 is 11.8 Å². The van der Waals surface area contributed by atoms with Crippen molar-refractivity contribution in [1.29, 1.82) is 0 Å². The zero-order valence-corrected chi connectivity index (χ0v) is 16.4. The first kappa shape index (κ1) is 18.4. The molecule has 3 aromatic rings. The number of fused-ring (bicyclic) bond motifs is 1. The van der Waals surface area contributed by atoms with E-state index in [4.69, 9.17) is 0 Å². The minimum Gasteiger partial charge on any atom is -0.274 e. The highest BCUT2D eigenvalue weighted by Crippen LogP contribution is 2.24. The Hall–Kier alpha value is -3.00. The van der Waals surface area contributed by atoms with Crippen LogP contribution < -0.4 is 0 Å². The van der Waals surface area contributed by atoms with Gasteiger partial charge in [0.05, 0.1) is 16.8 Å². The lowest BCUT2D eigenvalue weighted by Gasteiger charge is -2.13. The van der Waals surface area contributed by atoms with Crippen molar-refractivity contribution in [2.75, 3.05) is 12.3 Å². The third kappa shape index (κ3) is 3.31. The molecule has 2 heterocycles. The molecule has 2 aromatic carbocycles. The molecule has 1 aliphatic heterocycles. The van der Waals surface area contributed by atoms with Gasteiger partial charge in [0.2, 0.25) is 5.16 Å². The van der Waals surface area contributed by atoms with Crippen LogP contribution in [0.4, 0.5) is 0 Å². The van der Waals surface area contributed by atoms with E-state index in [9.17, 15) is 9.59 Å². The minimum absolute atomic E-state index is 0.217. The number of aromatic nitrogens is 4. The highest BCUT2D eigenvalue weighted by Gasteiger charge is 2.34. The average molecular weight is 393 g/mol. The highest BCUT2D eigenvalue weighted by molar-refractivity contribution is 7.99. The molecular weight excluding hydrogens is 374 g/mol. The molecule has 0 N–H and O–H groups in total. The van der Waals surface area contributed by atoms with Gasteiger partial charge in [0, 0.05) is 12.3 Å². The Balaban J connectivity index is 1.37. The van der Waals surface area contributed by atoms with E-state index < -0.39 is 0 Å². The number of benzene rings is 2. The lowest BCUT2D eigenvalue weighted by atomic mass is 10.1. The fraction of sp³-hybridized carbons (Fsp3) is 0.250. The van der Waals surface area contributed by atoms with Crippen molar-refractivity contribution in [2.45, 2.75) is 25.4 Å². The molecule has 4 rings (SSSR count). The van der Waals surface area contributed by atoms with Crippen molar-refractivity contribution in [3.8, 4) is 5.69 Å². The SMILES string of the molecule is Cc1ccc(-n2nnnc2SCCCN2C(=O)c3ccccc3C2=O)cc1C. The van der Waals surface area contributed by atoms with Crippen LogP contribution in [0.1, 0.15) is 38.3 Å². The van der Waals surface area contributed by atoms with Gasteiger partial charge in [-0.1, -0.05) is 30.0 Å². The summed E-state index contributed by atoms with van der Waals surface area (Å²) in [6, 6.07) is 13.0. The van der Waals surface area contributed by atoms with E-state index in [0.717, 1.165) is 5.69 Å². The van der Waals surface area contributed by atoms with Crippen molar-refractivity contribution in [3.05, 3.63) is 64.7 Å².